The van der Waals surface area contributed by atoms with Crippen molar-refractivity contribution in [3.05, 3.63) is 23.4 Å². The zero-order chi connectivity index (χ0) is 12.7. The number of carbonyl (C=O) groups excluding carboxylic acids is 1. The third-order valence-electron chi connectivity index (χ3n) is 2.60. The Morgan fingerprint density at radius 2 is 2.24 bits per heavy atom. The molecule has 0 atom stereocenters. The average molecular weight is 236 g/mol. The first kappa shape index (κ1) is 13.6. The normalized spacial score (nSPS) is 10.3. The van der Waals surface area contributed by atoms with Gasteiger partial charge in [0.15, 0.2) is 6.29 Å². The molecule has 0 N–H and O–H groups in total. The highest BCUT2D eigenvalue weighted by atomic mass is 16.5. The van der Waals surface area contributed by atoms with Gasteiger partial charge in [0.1, 0.15) is 5.82 Å². The zero-order valence-electron chi connectivity index (χ0n) is 10.8. The smallest absolute Gasteiger partial charge is 0.151 e. The molecule has 94 valence electrons. The Morgan fingerprint density at radius 1 is 1.47 bits per heavy atom. The van der Waals surface area contributed by atoms with Gasteiger partial charge in [-0.05, 0) is 32.4 Å². The predicted octanol–water partition coefficient (Wildman–Crippen LogP) is 2.07. The van der Waals surface area contributed by atoms with Crippen molar-refractivity contribution in [1.29, 1.82) is 0 Å². The zero-order valence-corrected chi connectivity index (χ0v) is 10.8. The predicted molar refractivity (Wildman–Crippen MR) is 68.7 cm³/mol. The molecule has 0 saturated carbocycles. The second kappa shape index (κ2) is 7.01. The van der Waals surface area contributed by atoms with Crippen LogP contribution in [0.2, 0.25) is 0 Å². The van der Waals surface area contributed by atoms with Gasteiger partial charge in [0, 0.05) is 31.5 Å². The molecule has 0 saturated heterocycles. The first-order valence-electron chi connectivity index (χ1n) is 5.97. The van der Waals surface area contributed by atoms with Gasteiger partial charge in [-0.2, -0.15) is 0 Å². The van der Waals surface area contributed by atoms with Crippen molar-refractivity contribution in [1.82, 2.24) is 4.98 Å². The first-order valence-corrected chi connectivity index (χ1v) is 5.97. The third kappa shape index (κ3) is 3.82. The summed E-state index contributed by atoms with van der Waals surface area (Å²) in [6.07, 6.45) is 2.43. The Labute approximate surface area is 103 Å². The van der Waals surface area contributed by atoms with Gasteiger partial charge in [-0.25, -0.2) is 4.98 Å². The van der Waals surface area contributed by atoms with E-state index in [0.29, 0.717) is 12.2 Å². The van der Waals surface area contributed by atoms with E-state index in [1.807, 2.05) is 19.9 Å². The molecule has 0 radical (unpaired) electrons. The highest BCUT2D eigenvalue weighted by Crippen LogP contribution is 2.16. The molecule has 0 aliphatic rings. The maximum absolute atomic E-state index is 10.6. The van der Waals surface area contributed by atoms with E-state index in [9.17, 15) is 4.79 Å². The Morgan fingerprint density at radius 3 is 2.76 bits per heavy atom. The van der Waals surface area contributed by atoms with E-state index in [2.05, 4.69) is 16.8 Å². The SMILES string of the molecule is CCOCCN(CC)c1ncc(C=O)cc1C. The van der Waals surface area contributed by atoms with Crippen LogP contribution in [0.25, 0.3) is 0 Å². The molecule has 1 aromatic rings. The van der Waals surface area contributed by atoms with Crippen LogP contribution in [0.15, 0.2) is 12.3 Å². The van der Waals surface area contributed by atoms with Crippen LogP contribution in [0, 0.1) is 6.92 Å². The second-order valence-electron chi connectivity index (χ2n) is 3.80. The highest BCUT2D eigenvalue weighted by Gasteiger charge is 2.09. The minimum absolute atomic E-state index is 0.618. The van der Waals surface area contributed by atoms with Gasteiger partial charge in [-0.3, -0.25) is 4.79 Å². The molecule has 17 heavy (non-hydrogen) atoms. The number of carbonyl (C=O) groups is 1. The number of likely N-dealkylation sites (N-methyl/N-ethyl adjacent to an activating group) is 1. The number of rotatable bonds is 7. The molecule has 0 spiro atoms. The van der Waals surface area contributed by atoms with Crippen LogP contribution in [-0.2, 0) is 4.74 Å². The molecule has 0 aromatic carbocycles. The van der Waals surface area contributed by atoms with Crippen LogP contribution in [0.4, 0.5) is 5.82 Å². The Kier molecular flexibility index (Phi) is 5.63. The summed E-state index contributed by atoms with van der Waals surface area (Å²) >= 11 is 0. The van der Waals surface area contributed by atoms with Crippen LogP contribution < -0.4 is 4.90 Å². The number of aldehydes is 1. The van der Waals surface area contributed by atoms with Gasteiger partial charge in [0.05, 0.1) is 6.61 Å². The van der Waals surface area contributed by atoms with Crippen LogP contribution >= 0.6 is 0 Å². The largest absolute Gasteiger partial charge is 0.380 e. The molecule has 4 nitrogen and oxygen atoms in total. The van der Waals surface area contributed by atoms with Crippen molar-refractivity contribution in [2.45, 2.75) is 20.8 Å². The summed E-state index contributed by atoms with van der Waals surface area (Å²) in [7, 11) is 0. The van der Waals surface area contributed by atoms with Gasteiger partial charge in [0.25, 0.3) is 0 Å². The van der Waals surface area contributed by atoms with E-state index >= 15 is 0 Å². The summed E-state index contributed by atoms with van der Waals surface area (Å²) < 4.78 is 5.35. The Bertz CT molecular complexity index is 366. The lowest BCUT2D eigenvalue weighted by molar-refractivity contribution is 0.112. The van der Waals surface area contributed by atoms with E-state index in [0.717, 1.165) is 37.4 Å². The highest BCUT2D eigenvalue weighted by molar-refractivity contribution is 5.75. The molecule has 0 fully saturated rings. The minimum atomic E-state index is 0.618. The average Bonchev–Trinajstić information content (AvgIpc) is 2.35. The molecule has 1 heterocycles. The molecular formula is C13H20N2O2. The standard InChI is InChI=1S/C13H20N2O2/c1-4-15(6-7-17-5-2)13-11(3)8-12(10-16)9-14-13/h8-10H,4-7H2,1-3H3. The van der Waals surface area contributed by atoms with Crippen molar-refractivity contribution in [2.75, 3.05) is 31.2 Å². The summed E-state index contributed by atoms with van der Waals surface area (Å²) in [4.78, 5) is 17.1. The second-order valence-corrected chi connectivity index (χ2v) is 3.80. The number of hydrogen-bond donors (Lipinski definition) is 0. The lowest BCUT2D eigenvalue weighted by Gasteiger charge is -2.23. The maximum atomic E-state index is 10.6. The number of nitrogens with zero attached hydrogens (tertiary/aromatic N) is 2. The van der Waals surface area contributed by atoms with Crippen LogP contribution in [-0.4, -0.2) is 37.6 Å². The van der Waals surface area contributed by atoms with Crippen LogP contribution in [0.5, 0.6) is 0 Å². The number of ether oxygens (including phenoxy) is 1. The van der Waals surface area contributed by atoms with Gasteiger partial charge in [0.2, 0.25) is 0 Å². The monoisotopic (exact) mass is 236 g/mol. The van der Waals surface area contributed by atoms with Crippen molar-refractivity contribution < 1.29 is 9.53 Å². The van der Waals surface area contributed by atoms with E-state index in [1.54, 1.807) is 6.20 Å². The molecule has 0 aliphatic carbocycles. The molecule has 1 rings (SSSR count). The number of aromatic nitrogens is 1. The lowest BCUT2D eigenvalue weighted by atomic mass is 10.2. The summed E-state index contributed by atoms with van der Waals surface area (Å²) in [5, 5.41) is 0. The minimum Gasteiger partial charge on any atom is -0.380 e. The lowest BCUT2D eigenvalue weighted by Crippen LogP contribution is -2.28. The summed E-state index contributed by atoms with van der Waals surface area (Å²) in [5.74, 6) is 0.929. The Balaban J connectivity index is 2.77. The van der Waals surface area contributed by atoms with Crippen molar-refractivity contribution in [3.8, 4) is 0 Å². The van der Waals surface area contributed by atoms with Gasteiger partial charge < -0.3 is 9.64 Å². The fourth-order valence-corrected chi connectivity index (χ4v) is 1.72. The summed E-state index contributed by atoms with van der Waals surface area (Å²) in [5.41, 5.74) is 1.64. The molecule has 0 amide bonds. The van der Waals surface area contributed by atoms with Gasteiger partial charge in [-0.1, -0.05) is 0 Å². The van der Waals surface area contributed by atoms with Crippen molar-refractivity contribution >= 4 is 12.1 Å². The van der Waals surface area contributed by atoms with Crippen LogP contribution in [0.1, 0.15) is 29.8 Å². The third-order valence-corrected chi connectivity index (χ3v) is 2.60. The van der Waals surface area contributed by atoms with Gasteiger partial charge >= 0.3 is 0 Å². The molecule has 0 aliphatic heterocycles. The number of hydrogen-bond acceptors (Lipinski definition) is 4. The number of anilines is 1. The van der Waals surface area contributed by atoms with Crippen molar-refractivity contribution in [2.24, 2.45) is 0 Å². The molecule has 1 aromatic heterocycles. The van der Waals surface area contributed by atoms with E-state index in [-0.39, 0.29) is 0 Å². The quantitative estimate of drug-likeness (QED) is 0.537. The fourth-order valence-electron chi connectivity index (χ4n) is 1.72. The molecular weight excluding hydrogens is 216 g/mol. The van der Waals surface area contributed by atoms with Gasteiger partial charge in [-0.15, -0.1) is 0 Å². The van der Waals surface area contributed by atoms with Crippen LogP contribution in [0.3, 0.4) is 0 Å². The summed E-state index contributed by atoms with van der Waals surface area (Å²) in [6.45, 7) is 9.16. The van der Waals surface area contributed by atoms with Crippen molar-refractivity contribution in [3.63, 3.8) is 0 Å². The number of aryl methyl sites for hydroxylation is 1. The van der Waals surface area contributed by atoms with E-state index < -0.39 is 0 Å². The van der Waals surface area contributed by atoms with E-state index in [1.165, 1.54) is 0 Å². The first-order chi connectivity index (χ1) is 8.22. The molecule has 0 unspecified atom stereocenters. The number of pyridine rings is 1. The topological polar surface area (TPSA) is 42.4 Å². The summed E-state index contributed by atoms with van der Waals surface area (Å²) in [6, 6.07) is 1.86. The maximum Gasteiger partial charge on any atom is 0.151 e. The molecule has 4 heteroatoms. The van der Waals surface area contributed by atoms with E-state index in [4.69, 9.17) is 4.74 Å². The Hall–Kier alpha value is -1.42. The fraction of sp³-hybridized carbons (Fsp3) is 0.538. The molecule has 0 bridgehead atoms.